The Bertz CT molecular complexity index is 451. The lowest BCUT2D eigenvalue weighted by Crippen LogP contribution is -2.63. The van der Waals surface area contributed by atoms with E-state index >= 15 is 0 Å². The molecule has 1 saturated carbocycles. The number of pyridine rings is 1. The fourth-order valence-corrected chi connectivity index (χ4v) is 3.75. The standard InChI is InChI=1S/C17H27N3/c1-14-7-6-10-18-16(14)12-20-13-17(19-11-15(20)2)8-4-3-5-9-17/h6-7,10,15,19H,3-5,8-9,11-13H2,1-2H3. The van der Waals surface area contributed by atoms with Crippen molar-refractivity contribution in [1.29, 1.82) is 0 Å². The number of piperazine rings is 1. The van der Waals surface area contributed by atoms with Crippen molar-refractivity contribution in [2.75, 3.05) is 13.1 Å². The van der Waals surface area contributed by atoms with Crippen molar-refractivity contribution in [2.24, 2.45) is 0 Å². The number of hydrogen-bond donors (Lipinski definition) is 1. The van der Waals surface area contributed by atoms with Crippen molar-refractivity contribution in [1.82, 2.24) is 15.2 Å². The lowest BCUT2D eigenvalue weighted by molar-refractivity contribution is 0.0563. The Morgan fingerprint density at radius 3 is 2.90 bits per heavy atom. The first-order valence-corrected chi connectivity index (χ1v) is 8.08. The van der Waals surface area contributed by atoms with Crippen LogP contribution < -0.4 is 5.32 Å². The predicted octanol–water partition coefficient (Wildman–Crippen LogP) is 2.89. The summed E-state index contributed by atoms with van der Waals surface area (Å²) in [4.78, 5) is 7.21. The molecule has 3 nitrogen and oxygen atoms in total. The Morgan fingerprint density at radius 1 is 1.35 bits per heavy atom. The third-order valence-electron chi connectivity index (χ3n) is 5.18. The summed E-state index contributed by atoms with van der Waals surface area (Å²) < 4.78 is 0. The summed E-state index contributed by atoms with van der Waals surface area (Å²) in [6, 6.07) is 4.80. The van der Waals surface area contributed by atoms with Crippen LogP contribution in [0.4, 0.5) is 0 Å². The molecule has 1 unspecified atom stereocenters. The van der Waals surface area contributed by atoms with Gasteiger partial charge in [-0.3, -0.25) is 9.88 Å². The molecule has 2 heterocycles. The molecule has 20 heavy (non-hydrogen) atoms. The minimum absolute atomic E-state index is 0.382. The molecular formula is C17H27N3. The van der Waals surface area contributed by atoms with Gasteiger partial charge in [0.1, 0.15) is 0 Å². The van der Waals surface area contributed by atoms with Crippen LogP contribution in [0.1, 0.15) is 50.3 Å². The van der Waals surface area contributed by atoms with Crippen LogP contribution in [0.5, 0.6) is 0 Å². The Hall–Kier alpha value is -0.930. The average Bonchev–Trinajstić information content (AvgIpc) is 2.47. The molecule has 110 valence electrons. The highest BCUT2D eigenvalue weighted by Gasteiger charge is 2.38. The molecular weight excluding hydrogens is 246 g/mol. The zero-order valence-corrected chi connectivity index (χ0v) is 12.9. The normalized spacial score (nSPS) is 26.8. The molecule has 2 fully saturated rings. The fraction of sp³-hybridized carbons (Fsp3) is 0.706. The third kappa shape index (κ3) is 2.89. The molecule has 0 aromatic carbocycles. The topological polar surface area (TPSA) is 28.2 Å². The average molecular weight is 273 g/mol. The molecule has 3 heteroatoms. The molecule has 1 atom stereocenters. The third-order valence-corrected chi connectivity index (χ3v) is 5.18. The van der Waals surface area contributed by atoms with Crippen LogP contribution in [-0.4, -0.2) is 34.6 Å². The number of aryl methyl sites for hydroxylation is 1. The van der Waals surface area contributed by atoms with Crippen molar-refractivity contribution in [3.05, 3.63) is 29.6 Å². The van der Waals surface area contributed by atoms with Gasteiger partial charge in [-0.1, -0.05) is 25.3 Å². The van der Waals surface area contributed by atoms with Gasteiger partial charge in [0.25, 0.3) is 0 Å². The van der Waals surface area contributed by atoms with Crippen LogP contribution in [0.15, 0.2) is 18.3 Å². The highest BCUT2D eigenvalue weighted by atomic mass is 15.3. The minimum Gasteiger partial charge on any atom is -0.308 e. The van der Waals surface area contributed by atoms with Crippen LogP contribution in [0.2, 0.25) is 0 Å². The maximum Gasteiger partial charge on any atom is 0.0573 e. The zero-order valence-electron chi connectivity index (χ0n) is 12.9. The van der Waals surface area contributed by atoms with Crippen LogP contribution in [0, 0.1) is 6.92 Å². The second-order valence-electron chi connectivity index (χ2n) is 6.74. The Morgan fingerprint density at radius 2 is 2.15 bits per heavy atom. The molecule has 1 aromatic rings. The van der Waals surface area contributed by atoms with E-state index in [0.29, 0.717) is 11.6 Å². The zero-order chi connectivity index (χ0) is 14.0. The van der Waals surface area contributed by atoms with Gasteiger partial charge in [0.05, 0.1) is 5.69 Å². The van der Waals surface area contributed by atoms with E-state index in [4.69, 9.17) is 0 Å². The van der Waals surface area contributed by atoms with E-state index in [0.717, 1.165) is 13.1 Å². The van der Waals surface area contributed by atoms with Crippen molar-refractivity contribution >= 4 is 0 Å². The molecule has 2 aliphatic rings. The van der Waals surface area contributed by atoms with Gasteiger partial charge in [0.15, 0.2) is 0 Å². The minimum atomic E-state index is 0.382. The molecule has 1 spiro atoms. The summed E-state index contributed by atoms with van der Waals surface area (Å²) in [6.07, 6.45) is 8.80. The van der Waals surface area contributed by atoms with E-state index in [2.05, 4.69) is 35.1 Å². The number of nitrogens with zero attached hydrogens (tertiary/aromatic N) is 2. The first kappa shape index (κ1) is 14.0. The van der Waals surface area contributed by atoms with E-state index in [1.54, 1.807) is 0 Å². The van der Waals surface area contributed by atoms with Gasteiger partial charge in [-0.15, -0.1) is 0 Å². The summed E-state index contributed by atoms with van der Waals surface area (Å²) in [7, 11) is 0. The highest BCUT2D eigenvalue weighted by Crippen LogP contribution is 2.32. The number of aromatic nitrogens is 1. The van der Waals surface area contributed by atoms with Gasteiger partial charge < -0.3 is 5.32 Å². The second-order valence-corrected chi connectivity index (χ2v) is 6.74. The summed E-state index contributed by atoms with van der Waals surface area (Å²) in [5.74, 6) is 0. The largest absolute Gasteiger partial charge is 0.308 e. The van der Waals surface area contributed by atoms with Crippen LogP contribution >= 0.6 is 0 Å². The van der Waals surface area contributed by atoms with Gasteiger partial charge >= 0.3 is 0 Å². The van der Waals surface area contributed by atoms with E-state index in [1.807, 2.05) is 12.3 Å². The molecule has 1 saturated heterocycles. The molecule has 3 rings (SSSR count). The molecule has 0 bridgehead atoms. The lowest BCUT2D eigenvalue weighted by atomic mass is 9.79. The molecule has 1 N–H and O–H groups in total. The van der Waals surface area contributed by atoms with Crippen LogP contribution in [0.25, 0.3) is 0 Å². The van der Waals surface area contributed by atoms with Gasteiger partial charge in [0, 0.05) is 37.4 Å². The first-order valence-electron chi connectivity index (χ1n) is 8.08. The molecule has 1 aliphatic carbocycles. The van der Waals surface area contributed by atoms with E-state index in [1.165, 1.54) is 49.9 Å². The molecule has 0 amide bonds. The Kier molecular flexibility index (Phi) is 4.08. The molecule has 1 aliphatic heterocycles. The van der Waals surface area contributed by atoms with Gasteiger partial charge in [-0.05, 0) is 38.3 Å². The predicted molar refractivity (Wildman–Crippen MR) is 82.7 cm³/mol. The Labute approximate surface area is 122 Å². The van der Waals surface area contributed by atoms with Crippen molar-refractivity contribution < 1.29 is 0 Å². The summed E-state index contributed by atoms with van der Waals surface area (Å²) in [5.41, 5.74) is 2.94. The summed E-state index contributed by atoms with van der Waals surface area (Å²) in [5, 5.41) is 3.85. The number of rotatable bonds is 2. The Balaban J connectivity index is 1.72. The van der Waals surface area contributed by atoms with E-state index in [-0.39, 0.29) is 0 Å². The first-order chi connectivity index (χ1) is 9.69. The monoisotopic (exact) mass is 273 g/mol. The van der Waals surface area contributed by atoms with Crippen molar-refractivity contribution in [3.63, 3.8) is 0 Å². The summed E-state index contributed by atoms with van der Waals surface area (Å²) >= 11 is 0. The van der Waals surface area contributed by atoms with Crippen LogP contribution in [-0.2, 0) is 6.54 Å². The van der Waals surface area contributed by atoms with Gasteiger partial charge in [-0.2, -0.15) is 0 Å². The maximum atomic E-state index is 4.58. The number of nitrogens with one attached hydrogen (secondary N) is 1. The number of hydrogen-bond acceptors (Lipinski definition) is 3. The maximum absolute atomic E-state index is 4.58. The van der Waals surface area contributed by atoms with Crippen LogP contribution in [0.3, 0.4) is 0 Å². The molecule has 0 radical (unpaired) electrons. The van der Waals surface area contributed by atoms with Crippen molar-refractivity contribution in [2.45, 2.75) is 64.1 Å². The van der Waals surface area contributed by atoms with E-state index < -0.39 is 0 Å². The SMILES string of the molecule is Cc1cccnc1CN1CC2(CCCCC2)NCC1C. The summed E-state index contributed by atoms with van der Waals surface area (Å²) in [6.45, 7) is 7.81. The highest BCUT2D eigenvalue weighted by molar-refractivity contribution is 5.18. The van der Waals surface area contributed by atoms with E-state index in [9.17, 15) is 0 Å². The van der Waals surface area contributed by atoms with Gasteiger partial charge in [-0.25, -0.2) is 0 Å². The fourth-order valence-electron chi connectivity index (χ4n) is 3.75. The van der Waals surface area contributed by atoms with Gasteiger partial charge in [0.2, 0.25) is 0 Å². The quantitative estimate of drug-likeness (QED) is 0.898. The lowest BCUT2D eigenvalue weighted by Gasteiger charge is -2.49. The van der Waals surface area contributed by atoms with Crippen molar-refractivity contribution in [3.8, 4) is 0 Å². The second kappa shape index (κ2) is 5.82. The smallest absolute Gasteiger partial charge is 0.0573 e. The molecule has 1 aromatic heterocycles.